The summed E-state index contributed by atoms with van der Waals surface area (Å²) in [7, 11) is 0. The van der Waals surface area contributed by atoms with E-state index < -0.39 is 11.6 Å². The minimum absolute atomic E-state index is 0.0676. The lowest BCUT2D eigenvalue weighted by Crippen LogP contribution is -2.41. The van der Waals surface area contributed by atoms with E-state index in [1.165, 1.54) is 6.92 Å². The summed E-state index contributed by atoms with van der Waals surface area (Å²) < 4.78 is 0. The fourth-order valence-corrected chi connectivity index (χ4v) is 2.35. The zero-order valence-electron chi connectivity index (χ0n) is 11.3. The van der Waals surface area contributed by atoms with Crippen LogP contribution in [0.3, 0.4) is 0 Å². The number of rotatable bonds is 4. The van der Waals surface area contributed by atoms with Gasteiger partial charge in [-0.1, -0.05) is 23.7 Å². The van der Waals surface area contributed by atoms with Crippen LogP contribution in [0.5, 0.6) is 0 Å². The van der Waals surface area contributed by atoms with Crippen molar-refractivity contribution in [3.8, 4) is 0 Å². The molecule has 1 saturated heterocycles. The molecule has 0 radical (unpaired) electrons. The summed E-state index contributed by atoms with van der Waals surface area (Å²) in [5.74, 6) is -0.437. The van der Waals surface area contributed by atoms with Gasteiger partial charge in [0.15, 0.2) is 0 Å². The van der Waals surface area contributed by atoms with Gasteiger partial charge in [0.05, 0.1) is 0 Å². The van der Waals surface area contributed by atoms with Crippen molar-refractivity contribution in [1.82, 2.24) is 10.2 Å². The Morgan fingerprint density at radius 1 is 1.40 bits per heavy atom. The number of carbonyl (C=O) groups excluding carboxylic acids is 3. The number of benzene rings is 1. The molecule has 5 nitrogen and oxygen atoms in total. The number of ketones is 1. The molecule has 6 heteroatoms. The number of nitrogens with one attached hydrogen (secondary N) is 1. The fraction of sp³-hybridized carbons (Fsp3) is 0.357. The SMILES string of the molecule is CC(=O)CCN1C(=O)NC(C)(c2cccc(Cl)c2)C1=O. The van der Waals surface area contributed by atoms with E-state index in [1.54, 1.807) is 31.2 Å². The molecule has 3 amide bonds. The van der Waals surface area contributed by atoms with Crippen LogP contribution < -0.4 is 5.32 Å². The second kappa shape index (κ2) is 5.25. The third-order valence-corrected chi connectivity index (χ3v) is 3.60. The smallest absolute Gasteiger partial charge is 0.319 e. The van der Waals surface area contributed by atoms with Gasteiger partial charge in [-0.15, -0.1) is 0 Å². The highest BCUT2D eigenvalue weighted by molar-refractivity contribution is 6.30. The Kier molecular flexibility index (Phi) is 3.81. The Balaban J connectivity index is 2.28. The first-order chi connectivity index (χ1) is 9.34. The van der Waals surface area contributed by atoms with Crippen LogP contribution in [0, 0.1) is 0 Å². The lowest BCUT2D eigenvalue weighted by molar-refractivity contribution is -0.131. The average Bonchev–Trinajstić information content (AvgIpc) is 2.59. The first-order valence-corrected chi connectivity index (χ1v) is 6.62. The van der Waals surface area contributed by atoms with Gasteiger partial charge in [-0.2, -0.15) is 0 Å². The van der Waals surface area contributed by atoms with Crippen LogP contribution in [-0.2, 0) is 15.1 Å². The Labute approximate surface area is 121 Å². The van der Waals surface area contributed by atoms with Crippen molar-refractivity contribution < 1.29 is 14.4 Å². The highest BCUT2D eigenvalue weighted by Gasteiger charge is 2.48. The van der Waals surface area contributed by atoms with Gasteiger partial charge in [-0.05, 0) is 31.5 Å². The topological polar surface area (TPSA) is 66.5 Å². The second-order valence-electron chi connectivity index (χ2n) is 4.97. The number of Topliss-reactive ketones (excluding diaryl/α,β-unsaturated/α-hetero) is 1. The average molecular weight is 295 g/mol. The third-order valence-electron chi connectivity index (χ3n) is 3.36. The van der Waals surface area contributed by atoms with E-state index in [0.29, 0.717) is 10.6 Å². The molecule has 1 aromatic rings. The Morgan fingerprint density at radius 2 is 2.10 bits per heavy atom. The van der Waals surface area contributed by atoms with E-state index in [4.69, 9.17) is 11.6 Å². The summed E-state index contributed by atoms with van der Waals surface area (Å²) in [5.41, 5.74) is -0.521. The van der Waals surface area contributed by atoms with Crippen LogP contribution >= 0.6 is 11.6 Å². The molecular weight excluding hydrogens is 280 g/mol. The third kappa shape index (κ3) is 2.54. The predicted octanol–water partition coefficient (Wildman–Crippen LogP) is 2.09. The Bertz CT molecular complexity index is 588. The molecule has 20 heavy (non-hydrogen) atoms. The molecule has 1 aromatic carbocycles. The van der Waals surface area contributed by atoms with Crippen LogP contribution in [0.1, 0.15) is 25.8 Å². The summed E-state index contributed by atoms with van der Waals surface area (Å²) >= 11 is 5.93. The van der Waals surface area contributed by atoms with Crippen molar-refractivity contribution in [3.63, 3.8) is 0 Å². The van der Waals surface area contributed by atoms with Gasteiger partial charge in [-0.3, -0.25) is 14.5 Å². The molecule has 1 heterocycles. The number of nitrogens with zero attached hydrogens (tertiary/aromatic N) is 1. The van der Waals surface area contributed by atoms with E-state index in [1.807, 2.05) is 0 Å². The zero-order chi connectivity index (χ0) is 14.9. The highest BCUT2D eigenvalue weighted by atomic mass is 35.5. The van der Waals surface area contributed by atoms with Crippen molar-refractivity contribution in [1.29, 1.82) is 0 Å². The van der Waals surface area contributed by atoms with Crippen LogP contribution in [0.2, 0.25) is 5.02 Å². The van der Waals surface area contributed by atoms with Gasteiger partial charge in [0, 0.05) is 18.0 Å². The van der Waals surface area contributed by atoms with E-state index >= 15 is 0 Å². The van der Waals surface area contributed by atoms with Crippen LogP contribution in [-0.4, -0.2) is 29.2 Å². The predicted molar refractivity (Wildman–Crippen MR) is 74.3 cm³/mol. The molecule has 0 aliphatic carbocycles. The number of amides is 3. The lowest BCUT2D eigenvalue weighted by Gasteiger charge is -2.22. The molecule has 1 aliphatic heterocycles. The van der Waals surface area contributed by atoms with E-state index in [9.17, 15) is 14.4 Å². The minimum Gasteiger partial charge on any atom is -0.319 e. The van der Waals surface area contributed by atoms with Gasteiger partial charge in [0.25, 0.3) is 5.91 Å². The summed E-state index contributed by atoms with van der Waals surface area (Å²) in [6, 6.07) is 6.31. The van der Waals surface area contributed by atoms with Crippen molar-refractivity contribution in [2.45, 2.75) is 25.8 Å². The van der Waals surface area contributed by atoms with Crippen molar-refractivity contribution >= 4 is 29.3 Å². The Morgan fingerprint density at radius 3 is 2.70 bits per heavy atom. The summed E-state index contributed by atoms with van der Waals surface area (Å²) in [6.07, 6.45) is 0.158. The number of hydrogen-bond acceptors (Lipinski definition) is 3. The van der Waals surface area contributed by atoms with Crippen LogP contribution in [0.15, 0.2) is 24.3 Å². The van der Waals surface area contributed by atoms with Crippen LogP contribution in [0.25, 0.3) is 0 Å². The summed E-state index contributed by atoms with van der Waals surface area (Å²) in [6.45, 7) is 3.15. The molecule has 0 saturated carbocycles. The zero-order valence-corrected chi connectivity index (χ0v) is 12.0. The maximum atomic E-state index is 12.5. The Hall–Kier alpha value is -1.88. The van der Waals surface area contributed by atoms with Crippen molar-refractivity contribution in [2.75, 3.05) is 6.54 Å². The quantitative estimate of drug-likeness (QED) is 0.865. The number of hydrogen-bond donors (Lipinski definition) is 1. The monoisotopic (exact) mass is 294 g/mol. The molecule has 1 fully saturated rings. The molecule has 1 aliphatic rings. The summed E-state index contributed by atoms with van der Waals surface area (Å²) in [5, 5.41) is 3.16. The minimum atomic E-state index is -1.14. The van der Waals surface area contributed by atoms with Gasteiger partial charge in [0.2, 0.25) is 0 Å². The first-order valence-electron chi connectivity index (χ1n) is 6.24. The second-order valence-corrected chi connectivity index (χ2v) is 5.41. The van der Waals surface area contributed by atoms with Gasteiger partial charge in [0.1, 0.15) is 11.3 Å². The maximum Gasteiger partial charge on any atom is 0.325 e. The molecule has 106 valence electrons. The van der Waals surface area contributed by atoms with Gasteiger partial charge < -0.3 is 5.32 Å². The normalized spacial score (nSPS) is 22.1. The largest absolute Gasteiger partial charge is 0.325 e. The number of halogens is 1. The number of carbonyl (C=O) groups is 3. The molecule has 1 N–H and O–H groups in total. The van der Waals surface area contributed by atoms with Crippen molar-refractivity contribution in [3.05, 3.63) is 34.9 Å². The van der Waals surface area contributed by atoms with Gasteiger partial charge >= 0.3 is 6.03 Å². The van der Waals surface area contributed by atoms with Gasteiger partial charge in [-0.25, -0.2) is 4.79 Å². The first kappa shape index (κ1) is 14.5. The standard InChI is InChI=1S/C14H15ClN2O3/c1-9(18)6-7-17-12(19)14(2,16-13(17)20)10-4-3-5-11(15)8-10/h3-5,8H,6-7H2,1-2H3,(H,16,20). The van der Waals surface area contributed by atoms with E-state index in [0.717, 1.165) is 4.90 Å². The van der Waals surface area contributed by atoms with Crippen molar-refractivity contribution in [2.24, 2.45) is 0 Å². The summed E-state index contributed by atoms with van der Waals surface area (Å²) in [4.78, 5) is 36.4. The molecule has 0 aromatic heterocycles. The highest BCUT2D eigenvalue weighted by Crippen LogP contribution is 2.30. The number of imide groups is 1. The molecule has 0 bridgehead atoms. The van der Waals surface area contributed by atoms with E-state index in [2.05, 4.69) is 5.32 Å². The van der Waals surface area contributed by atoms with E-state index in [-0.39, 0.29) is 24.7 Å². The number of urea groups is 1. The molecular formula is C14H15ClN2O3. The molecule has 1 unspecified atom stereocenters. The fourth-order valence-electron chi connectivity index (χ4n) is 2.16. The maximum absolute atomic E-state index is 12.5. The molecule has 1 atom stereocenters. The lowest BCUT2D eigenvalue weighted by atomic mass is 9.92. The van der Waals surface area contributed by atoms with Crippen LogP contribution in [0.4, 0.5) is 4.79 Å². The molecule has 0 spiro atoms. The molecule has 2 rings (SSSR count).